The van der Waals surface area contributed by atoms with E-state index in [4.69, 9.17) is 0 Å². The average molecular weight is 276 g/mol. The third kappa shape index (κ3) is 3.37. The molecular weight excluding hydrogens is 256 g/mol. The number of imidazole rings is 1. The predicted molar refractivity (Wildman–Crippen MR) is 76.5 cm³/mol. The highest BCUT2D eigenvalue weighted by Gasteiger charge is 2.09. The molecule has 0 fully saturated rings. The van der Waals surface area contributed by atoms with Gasteiger partial charge in [-0.25, -0.2) is 14.5 Å². The smallest absolute Gasteiger partial charge is 0.320 e. The van der Waals surface area contributed by atoms with Crippen LogP contribution in [0, 0.1) is 0 Å². The number of carbonyl (C=O) groups is 1. The Balaban J connectivity index is 1.81. The molecule has 0 aliphatic carbocycles. The topological polar surface area (TPSA) is 76.8 Å². The van der Waals surface area contributed by atoms with Crippen LogP contribution < -0.4 is 10.6 Å². The fourth-order valence-corrected chi connectivity index (χ4v) is 1.91. The van der Waals surface area contributed by atoms with Crippen LogP contribution in [-0.4, -0.2) is 31.9 Å². The minimum Gasteiger partial charge on any atom is -0.338 e. The molecule has 20 heavy (non-hydrogen) atoms. The Labute approximate surface area is 118 Å². The number of amides is 2. The number of aryl methyl sites for hydroxylation is 1. The molecule has 2 heterocycles. The van der Waals surface area contributed by atoms with E-state index in [1.54, 1.807) is 29.5 Å². The highest BCUT2D eigenvalue weighted by atomic mass is 16.2. The van der Waals surface area contributed by atoms with E-state index in [-0.39, 0.29) is 12.1 Å². The Morgan fingerprint density at radius 2 is 2.25 bits per heavy atom. The molecule has 2 rings (SSSR count). The SMILES string of the molecule is CC(C)n1nccc1NC(=O)NCCc1cncn1C. The van der Waals surface area contributed by atoms with Gasteiger partial charge in [0.2, 0.25) is 0 Å². The van der Waals surface area contributed by atoms with Crippen molar-refractivity contribution in [2.45, 2.75) is 26.3 Å². The molecule has 0 bridgehead atoms. The summed E-state index contributed by atoms with van der Waals surface area (Å²) in [6.45, 7) is 4.58. The van der Waals surface area contributed by atoms with E-state index in [1.165, 1.54) is 0 Å². The van der Waals surface area contributed by atoms with E-state index in [0.29, 0.717) is 12.4 Å². The van der Waals surface area contributed by atoms with Crippen molar-refractivity contribution in [3.63, 3.8) is 0 Å². The Morgan fingerprint density at radius 1 is 1.45 bits per heavy atom. The van der Waals surface area contributed by atoms with Gasteiger partial charge in [0.05, 0.1) is 12.5 Å². The van der Waals surface area contributed by atoms with Crippen LogP contribution in [0.4, 0.5) is 10.6 Å². The van der Waals surface area contributed by atoms with E-state index in [0.717, 1.165) is 12.1 Å². The molecular formula is C13H20N6O. The van der Waals surface area contributed by atoms with Crippen LogP contribution in [0.2, 0.25) is 0 Å². The van der Waals surface area contributed by atoms with Crippen molar-refractivity contribution >= 4 is 11.8 Å². The first-order valence-corrected chi connectivity index (χ1v) is 6.61. The summed E-state index contributed by atoms with van der Waals surface area (Å²) in [6.07, 6.45) is 5.96. The molecule has 0 aliphatic heterocycles. The molecule has 0 saturated heterocycles. The molecule has 0 spiro atoms. The second-order valence-corrected chi connectivity index (χ2v) is 4.88. The van der Waals surface area contributed by atoms with Gasteiger partial charge in [0.1, 0.15) is 5.82 Å². The Hall–Kier alpha value is -2.31. The van der Waals surface area contributed by atoms with Crippen LogP contribution in [0.1, 0.15) is 25.6 Å². The summed E-state index contributed by atoms with van der Waals surface area (Å²) in [4.78, 5) is 15.8. The first kappa shape index (κ1) is 14.1. The number of hydrogen-bond donors (Lipinski definition) is 2. The lowest BCUT2D eigenvalue weighted by Crippen LogP contribution is -2.31. The van der Waals surface area contributed by atoms with Crippen molar-refractivity contribution in [1.82, 2.24) is 24.6 Å². The molecule has 2 aromatic rings. The fourth-order valence-electron chi connectivity index (χ4n) is 1.91. The minimum absolute atomic E-state index is 0.203. The minimum atomic E-state index is -0.227. The van der Waals surface area contributed by atoms with Crippen molar-refractivity contribution in [2.24, 2.45) is 7.05 Å². The van der Waals surface area contributed by atoms with Crippen LogP contribution in [-0.2, 0) is 13.5 Å². The molecule has 0 unspecified atom stereocenters. The summed E-state index contributed by atoms with van der Waals surface area (Å²) in [5, 5.41) is 9.78. The number of hydrogen-bond acceptors (Lipinski definition) is 3. The lowest BCUT2D eigenvalue weighted by Gasteiger charge is -2.12. The molecule has 2 aromatic heterocycles. The number of anilines is 1. The van der Waals surface area contributed by atoms with Crippen LogP contribution in [0.3, 0.4) is 0 Å². The largest absolute Gasteiger partial charge is 0.338 e. The summed E-state index contributed by atoms with van der Waals surface area (Å²) in [6, 6.07) is 1.75. The highest BCUT2D eigenvalue weighted by molar-refractivity contribution is 5.88. The van der Waals surface area contributed by atoms with E-state index < -0.39 is 0 Å². The molecule has 108 valence electrons. The number of urea groups is 1. The Kier molecular flexibility index (Phi) is 4.39. The van der Waals surface area contributed by atoms with Gasteiger partial charge in [-0.2, -0.15) is 5.10 Å². The van der Waals surface area contributed by atoms with Gasteiger partial charge >= 0.3 is 6.03 Å². The van der Waals surface area contributed by atoms with Crippen LogP contribution in [0.5, 0.6) is 0 Å². The highest BCUT2D eigenvalue weighted by Crippen LogP contribution is 2.12. The lowest BCUT2D eigenvalue weighted by atomic mass is 10.3. The number of carbonyl (C=O) groups excluding carboxylic acids is 1. The Morgan fingerprint density at radius 3 is 2.90 bits per heavy atom. The van der Waals surface area contributed by atoms with E-state index in [2.05, 4.69) is 20.7 Å². The van der Waals surface area contributed by atoms with E-state index >= 15 is 0 Å². The average Bonchev–Trinajstić information content (AvgIpc) is 2.99. The lowest BCUT2D eigenvalue weighted by molar-refractivity contribution is 0.252. The molecule has 7 heteroatoms. The Bertz CT molecular complexity index is 571. The quantitative estimate of drug-likeness (QED) is 0.870. The predicted octanol–water partition coefficient (Wildman–Crippen LogP) is 1.56. The van der Waals surface area contributed by atoms with Crippen molar-refractivity contribution in [2.75, 3.05) is 11.9 Å². The molecule has 2 amide bonds. The van der Waals surface area contributed by atoms with Gasteiger partial charge in [0, 0.05) is 44.0 Å². The van der Waals surface area contributed by atoms with Gasteiger partial charge in [-0.3, -0.25) is 5.32 Å². The van der Waals surface area contributed by atoms with Crippen molar-refractivity contribution < 1.29 is 4.79 Å². The zero-order valence-electron chi connectivity index (χ0n) is 12.0. The van der Waals surface area contributed by atoms with Crippen molar-refractivity contribution in [1.29, 1.82) is 0 Å². The van der Waals surface area contributed by atoms with Gasteiger partial charge in [0.15, 0.2) is 0 Å². The molecule has 2 N–H and O–H groups in total. The zero-order valence-corrected chi connectivity index (χ0v) is 12.0. The maximum atomic E-state index is 11.8. The van der Waals surface area contributed by atoms with Crippen molar-refractivity contribution in [3.8, 4) is 0 Å². The first-order valence-electron chi connectivity index (χ1n) is 6.61. The number of nitrogens with one attached hydrogen (secondary N) is 2. The molecule has 7 nitrogen and oxygen atoms in total. The summed E-state index contributed by atoms with van der Waals surface area (Å²) in [5.41, 5.74) is 1.08. The second-order valence-electron chi connectivity index (χ2n) is 4.88. The summed E-state index contributed by atoms with van der Waals surface area (Å²) >= 11 is 0. The molecule has 0 radical (unpaired) electrons. The van der Waals surface area contributed by atoms with E-state index in [9.17, 15) is 4.79 Å². The maximum absolute atomic E-state index is 11.8. The van der Waals surface area contributed by atoms with Gasteiger partial charge in [0.25, 0.3) is 0 Å². The zero-order chi connectivity index (χ0) is 14.5. The van der Waals surface area contributed by atoms with Gasteiger partial charge in [-0.1, -0.05) is 0 Å². The van der Waals surface area contributed by atoms with Gasteiger partial charge < -0.3 is 9.88 Å². The number of rotatable bonds is 5. The number of aromatic nitrogens is 4. The summed E-state index contributed by atoms with van der Waals surface area (Å²) in [5.74, 6) is 0.693. The number of nitrogens with zero attached hydrogens (tertiary/aromatic N) is 4. The van der Waals surface area contributed by atoms with Crippen LogP contribution in [0.15, 0.2) is 24.8 Å². The summed E-state index contributed by atoms with van der Waals surface area (Å²) < 4.78 is 3.70. The monoisotopic (exact) mass is 276 g/mol. The molecule has 0 aliphatic rings. The third-order valence-electron chi connectivity index (χ3n) is 2.98. The normalized spacial score (nSPS) is 10.8. The van der Waals surface area contributed by atoms with Gasteiger partial charge in [-0.05, 0) is 13.8 Å². The first-order chi connectivity index (χ1) is 9.58. The standard InChI is InChI=1S/C13H20N6O/c1-10(2)19-12(5-7-16-19)17-13(20)15-6-4-11-8-14-9-18(11)3/h5,7-10H,4,6H2,1-3H3,(H2,15,17,20). The fraction of sp³-hybridized carbons (Fsp3) is 0.462. The van der Waals surface area contributed by atoms with Gasteiger partial charge in [-0.15, -0.1) is 0 Å². The molecule has 0 saturated carbocycles. The third-order valence-corrected chi connectivity index (χ3v) is 2.98. The summed E-state index contributed by atoms with van der Waals surface area (Å²) in [7, 11) is 1.93. The second kappa shape index (κ2) is 6.23. The molecule has 0 atom stereocenters. The van der Waals surface area contributed by atoms with Crippen LogP contribution in [0.25, 0.3) is 0 Å². The van der Waals surface area contributed by atoms with Crippen molar-refractivity contribution in [3.05, 3.63) is 30.5 Å². The maximum Gasteiger partial charge on any atom is 0.320 e. The van der Waals surface area contributed by atoms with E-state index in [1.807, 2.05) is 25.5 Å². The molecule has 0 aromatic carbocycles. The van der Waals surface area contributed by atoms with Crippen LogP contribution >= 0.6 is 0 Å².